The third kappa shape index (κ3) is 3.77. The van der Waals surface area contributed by atoms with Gasteiger partial charge in [-0.25, -0.2) is 0 Å². The molecule has 108 valence electrons. The summed E-state index contributed by atoms with van der Waals surface area (Å²) in [6.45, 7) is 4.59. The first-order valence-electron chi connectivity index (χ1n) is 6.77. The molecular weight excluding hydrogens is 254 g/mol. The zero-order chi connectivity index (χ0) is 14.4. The van der Waals surface area contributed by atoms with Gasteiger partial charge in [-0.3, -0.25) is 9.88 Å². The van der Waals surface area contributed by atoms with Gasteiger partial charge in [0.2, 0.25) is 0 Å². The van der Waals surface area contributed by atoms with E-state index in [2.05, 4.69) is 31.6 Å². The minimum atomic E-state index is 0.746. The van der Waals surface area contributed by atoms with Gasteiger partial charge in [0, 0.05) is 25.4 Å². The summed E-state index contributed by atoms with van der Waals surface area (Å²) in [7, 11) is 3.71. The van der Waals surface area contributed by atoms with Crippen molar-refractivity contribution in [3.63, 3.8) is 0 Å². The fourth-order valence-electron chi connectivity index (χ4n) is 2.07. The van der Waals surface area contributed by atoms with Crippen molar-refractivity contribution in [1.82, 2.24) is 24.6 Å². The zero-order valence-electron chi connectivity index (χ0n) is 12.3. The Morgan fingerprint density at radius 1 is 1.35 bits per heavy atom. The number of aromatic nitrogens is 4. The minimum Gasteiger partial charge on any atom is -0.497 e. The Balaban J connectivity index is 1.97. The summed E-state index contributed by atoms with van der Waals surface area (Å²) in [5.41, 5.74) is 0.980. The van der Waals surface area contributed by atoms with E-state index in [1.54, 1.807) is 19.6 Å². The van der Waals surface area contributed by atoms with E-state index in [9.17, 15) is 0 Å². The highest BCUT2D eigenvalue weighted by Gasteiger charge is 2.09. The van der Waals surface area contributed by atoms with Crippen LogP contribution in [-0.2, 0) is 19.6 Å². The van der Waals surface area contributed by atoms with Crippen LogP contribution in [0.15, 0.2) is 24.7 Å². The van der Waals surface area contributed by atoms with Crippen LogP contribution >= 0.6 is 0 Å². The molecule has 0 unspecified atom stereocenters. The first kappa shape index (κ1) is 14.5. The summed E-state index contributed by atoms with van der Waals surface area (Å²) in [5.74, 6) is 1.81. The number of ether oxygens (including phenoxy) is 1. The molecule has 0 aromatic carbocycles. The Morgan fingerprint density at radius 2 is 2.20 bits per heavy atom. The Hall–Kier alpha value is -1.95. The van der Waals surface area contributed by atoms with Crippen molar-refractivity contribution in [2.24, 2.45) is 0 Å². The number of methoxy groups -OCH3 is 1. The lowest BCUT2D eigenvalue weighted by Crippen LogP contribution is -2.20. The van der Waals surface area contributed by atoms with Crippen LogP contribution in [0.4, 0.5) is 0 Å². The second-order valence-electron chi connectivity index (χ2n) is 4.80. The molecule has 0 saturated heterocycles. The van der Waals surface area contributed by atoms with E-state index in [1.165, 1.54) is 0 Å². The Bertz CT molecular complexity index is 540. The van der Waals surface area contributed by atoms with Gasteiger partial charge in [0.05, 0.1) is 19.3 Å². The van der Waals surface area contributed by atoms with Gasteiger partial charge in [0.25, 0.3) is 0 Å². The number of hydrogen-bond donors (Lipinski definition) is 0. The van der Waals surface area contributed by atoms with Crippen LogP contribution in [0, 0.1) is 0 Å². The fraction of sp³-hybridized carbons (Fsp3) is 0.500. The molecule has 6 heteroatoms. The average Bonchev–Trinajstić information content (AvgIpc) is 2.86. The van der Waals surface area contributed by atoms with Gasteiger partial charge >= 0.3 is 0 Å². The van der Waals surface area contributed by atoms with Gasteiger partial charge in [-0.2, -0.15) is 0 Å². The summed E-state index contributed by atoms with van der Waals surface area (Å²) in [4.78, 5) is 6.52. The second-order valence-corrected chi connectivity index (χ2v) is 4.80. The molecule has 0 radical (unpaired) electrons. The maximum absolute atomic E-state index is 5.21. The largest absolute Gasteiger partial charge is 0.497 e. The molecule has 0 atom stereocenters. The van der Waals surface area contributed by atoms with Crippen LogP contribution in [0.2, 0.25) is 0 Å². The van der Waals surface area contributed by atoms with Crippen LogP contribution in [0.5, 0.6) is 5.75 Å². The Morgan fingerprint density at radius 3 is 2.95 bits per heavy atom. The fourth-order valence-corrected chi connectivity index (χ4v) is 2.07. The number of aryl methyl sites for hydroxylation is 1. The standard InChI is InChI=1S/C14H21N5O/c1-4-7-19-11-16-17-14(19)10-18(2)9-12-8-13(20-3)5-6-15-12/h5-6,8,11H,4,7,9-10H2,1-3H3. The van der Waals surface area contributed by atoms with Gasteiger partial charge in [0.1, 0.15) is 17.9 Å². The van der Waals surface area contributed by atoms with Gasteiger partial charge in [0.15, 0.2) is 0 Å². The van der Waals surface area contributed by atoms with Gasteiger partial charge in [-0.15, -0.1) is 10.2 Å². The lowest BCUT2D eigenvalue weighted by molar-refractivity contribution is 0.300. The third-order valence-electron chi connectivity index (χ3n) is 3.03. The summed E-state index contributed by atoms with van der Waals surface area (Å²) >= 11 is 0. The molecule has 0 amide bonds. The smallest absolute Gasteiger partial charge is 0.147 e. The van der Waals surface area contributed by atoms with Crippen LogP contribution < -0.4 is 4.74 Å². The SMILES string of the molecule is CCCn1cnnc1CN(C)Cc1cc(OC)ccn1. The predicted molar refractivity (Wildman–Crippen MR) is 76.3 cm³/mol. The molecule has 2 aromatic heterocycles. The molecule has 0 fully saturated rings. The molecule has 0 aliphatic rings. The van der Waals surface area contributed by atoms with Crippen molar-refractivity contribution in [2.75, 3.05) is 14.2 Å². The molecule has 2 aromatic rings. The third-order valence-corrected chi connectivity index (χ3v) is 3.03. The number of rotatable bonds is 7. The maximum Gasteiger partial charge on any atom is 0.147 e. The molecule has 6 nitrogen and oxygen atoms in total. The van der Waals surface area contributed by atoms with E-state index in [-0.39, 0.29) is 0 Å². The van der Waals surface area contributed by atoms with Crippen LogP contribution in [0.1, 0.15) is 24.9 Å². The molecule has 0 saturated carbocycles. The quantitative estimate of drug-likeness (QED) is 0.770. The molecule has 2 heterocycles. The first-order valence-corrected chi connectivity index (χ1v) is 6.77. The molecule has 2 rings (SSSR count). The number of nitrogens with zero attached hydrogens (tertiary/aromatic N) is 5. The highest BCUT2D eigenvalue weighted by molar-refractivity contribution is 5.22. The minimum absolute atomic E-state index is 0.746. The maximum atomic E-state index is 5.21. The van der Waals surface area contributed by atoms with Crippen molar-refractivity contribution in [2.45, 2.75) is 33.0 Å². The van der Waals surface area contributed by atoms with E-state index in [0.29, 0.717) is 0 Å². The molecule has 0 N–H and O–H groups in total. The molecule has 0 aliphatic heterocycles. The summed E-state index contributed by atoms with van der Waals surface area (Å²) in [5, 5.41) is 8.16. The van der Waals surface area contributed by atoms with Crippen molar-refractivity contribution in [1.29, 1.82) is 0 Å². The Labute approximate surface area is 119 Å². The summed E-state index contributed by atoms with van der Waals surface area (Å²) in [6.07, 6.45) is 4.63. The van der Waals surface area contributed by atoms with Crippen molar-refractivity contribution >= 4 is 0 Å². The van der Waals surface area contributed by atoms with Crippen LogP contribution in [0.3, 0.4) is 0 Å². The van der Waals surface area contributed by atoms with Crippen molar-refractivity contribution < 1.29 is 4.74 Å². The zero-order valence-corrected chi connectivity index (χ0v) is 12.3. The Kier molecular flexibility index (Phi) is 5.06. The second kappa shape index (κ2) is 7.00. The lowest BCUT2D eigenvalue weighted by atomic mass is 10.3. The molecule has 0 aliphatic carbocycles. The van der Waals surface area contributed by atoms with Gasteiger partial charge in [-0.1, -0.05) is 6.92 Å². The van der Waals surface area contributed by atoms with Gasteiger partial charge in [-0.05, 0) is 19.5 Å². The predicted octanol–water partition coefficient (Wildman–Crippen LogP) is 1.72. The van der Waals surface area contributed by atoms with E-state index in [1.807, 2.05) is 19.2 Å². The summed E-state index contributed by atoms with van der Waals surface area (Å²) in [6, 6.07) is 3.80. The van der Waals surface area contributed by atoms with Crippen molar-refractivity contribution in [3.8, 4) is 5.75 Å². The molecule has 20 heavy (non-hydrogen) atoms. The monoisotopic (exact) mass is 275 g/mol. The van der Waals surface area contributed by atoms with E-state index < -0.39 is 0 Å². The lowest BCUT2D eigenvalue weighted by Gasteiger charge is -2.16. The van der Waals surface area contributed by atoms with Crippen molar-refractivity contribution in [3.05, 3.63) is 36.2 Å². The van der Waals surface area contributed by atoms with E-state index >= 15 is 0 Å². The molecular formula is C14H21N5O. The first-order chi connectivity index (χ1) is 9.72. The highest BCUT2D eigenvalue weighted by Crippen LogP contribution is 2.12. The number of hydrogen-bond acceptors (Lipinski definition) is 5. The topological polar surface area (TPSA) is 56.1 Å². The van der Waals surface area contributed by atoms with Crippen LogP contribution in [-0.4, -0.2) is 38.8 Å². The average molecular weight is 275 g/mol. The highest BCUT2D eigenvalue weighted by atomic mass is 16.5. The van der Waals surface area contributed by atoms with E-state index in [4.69, 9.17) is 4.74 Å². The molecule has 0 spiro atoms. The van der Waals surface area contributed by atoms with Crippen LogP contribution in [0.25, 0.3) is 0 Å². The number of pyridine rings is 1. The van der Waals surface area contributed by atoms with E-state index in [0.717, 1.165) is 43.3 Å². The normalized spacial score (nSPS) is 11.0. The van der Waals surface area contributed by atoms with Gasteiger partial charge < -0.3 is 9.30 Å². The molecule has 0 bridgehead atoms. The summed E-state index contributed by atoms with van der Waals surface area (Å²) < 4.78 is 7.30.